The van der Waals surface area contributed by atoms with Crippen molar-refractivity contribution in [3.05, 3.63) is 84.2 Å². The van der Waals surface area contributed by atoms with Crippen LogP contribution in [0, 0.1) is 5.82 Å². The molecule has 0 saturated carbocycles. The van der Waals surface area contributed by atoms with Crippen LogP contribution in [-0.2, 0) is 0 Å². The molecule has 0 atom stereocenters. The fourth-order valence-corrected chi connectivity index (χ4v) is 3.23. The molecule has 0 fully saturated rings. The van der Waals surface area contributed by atoms with Crippen LogP contribution >= 0.6 is 0 Å². The number of pyridine rings is 1. The topological polar surface area (TPSA) is 39.2 Å². The Morgan fingerprint density at radius 1 is 0.929 bits per heavy atom. The summed E-state index contributed by atoms with van der Waals surface area (Å²) in [6.07, 6.45) is 0.737. The minimum atomic E-state index is -0.437. The molecule has 0 unspecified atom stereocenters. The molecule has 0 N–H and O–H groups in total. The van der Waals surface area contributed by atoms with E-state index < -0.39 is 5.82 Å². The van der Waals surface area contributed by atoms with Gasteiger partial charge in [-0.2, -0.15) is 0 Å². The molecule has 0 radical (unpaired) electrons. The van der Waals surface area contributed by atoms with E-state index in [-0.39, 0.29) is 5.52 Å². The van der Waals surface area contributed by atoms with Crippen LogP contribution in [0.5, 0.6) is 5.75 Å². The highest BCUT2D eigenvalue weighted by molar-refractivity contribution is 5.98. The molecule has 138 valence electrons. The van der Waals surface area contributed by atoms with Gasteiger partial charge in [0.05, 0.1) is 12.3 Å². The van der Waals surface area contributed by atoms with Crippen molar-refractivity contribution in [1.29, 1.82) is 0 Å². The van der Waals surface area contributed by atoms with Crippen molar-refractivity contribution in [2.45, 2.75) is 6.92 Å². The number of ether oxygens (including phenoxy) is 1. The number of carbonyl (C=O) groups excluding carboxylic acids is 1. The monoisotopic (exact) mass is 371 g/mol. The van der Waals surface area contributed by atoms with E-state index in [1.165, 1.54) is 6.07 Å². The molecule has 0 spiro atoms. The van der Waals surface area contributed by atoms with Crippen LogP contribution in [0.1, 0.15) is 17.3 Å². The Morgan fingerprint density at radius 2 is 1.57 bits per heavy atom. The Bertz CT molecular complexity index is 1140. The lowest BCUT2D eigenvalue weighted by molar-refractivity contribution is 0.112. The third-order valence-corrected chi connectivity index (χ3v) is 4.63. The van der Waals surface area contributed by atoms with Crippen molar-refractivity contribution in [3.63, 3.8) is 0 Å². The van der Waals surface area contributed by atoms with E-state index in [9.17, 15) is 9.18 Å². The van der Waals surface area contributed by atoms with Gasteiger partial charge in [0, 0.05) is 16.5 Å². The number of benzene rings is 3. The second-order valence-corrected chi connectivity index (χ2v) is 6.39. The van der Waals surface area contributed by atoms with Gasteiger partial charge >= 0.3 is 0 Å². The zero-order valence-corrected chi connectivity index (χ0v) is 15.4. The van der Waals surface area contributed by atoms with E-state index in [4.69, 9.17) is 4.74 Å². The molecule has 0 aliphatic carbocycles. The summed E-state index contributed by atoms with van der Waals surface area (Å²) in [7, 11) is 0. The predicted molar refractivity (Wildman–Crippen MR) is 109 cm³/mol. The highest BCUT2D eigenvalue weighted by Crippen LogP contribution is 2.28. The van der Waals surface area contributed by atoms with Crippen LogP contribution < -0.4 is 4.74 Å². The summed E-state index contributed by atoms with van der Waals surface area (Å²) in [4.78, 5) is 15.9. The molecule has 3 nitrogen and oxygen atoms in total. The fourth-order valence-electron chi connectivity index (χ4n) is 3.23. The molecule has 3 aromatic carbocycles. The number of para-hydroxylation sites is 1. The number of carbonyl (C=O) groups is 1. The first-order valence-corrected chi connectivity index (χ1v) is 9.07. The van der Waals surface area contributed by atoms with Crippen molar-refractivity contribution in [2.75, 3.05) is 6.61 Å². The Balaban J connectivity index is 1.71. The second-order valence-electron chi connectivity index (χ2n) is 6.39. The molecular weight excluding hydrogens is 353 g/mol. The number of nitrogens with zero attached hydrogens (tertiary/aromatic N) is 1. The summed E-state index contributed by atoms with van der Waals surface area (Å²) in [5.74, 6) is 0.403. The Kier molecular flexibility index (Phi) is 4.85. The van der Waals surface area contributed by atoms with E-state index in [1.807, 2.05) is 55.5 Å². The highest BCUT2D eigenvalue weighted by atomic mass is 19.1. The summed E-state index contributed by atoms with van der Waals surface area (Å²) in [6.45, 7) is 2.59. The van der Waals surface area contributed by atoms with Gasteiger partial charge in [-0.1, -0.05) is 48.5 Å². The molecule has 0 aliphatic heterocycles. The Hall–Kier alpha value is -3.53. The largest absolute Gasteiger partial charge is 0.494 e. The smallest absolute Gasteiger partial charge is 0.150 e. The van der Waals surface area contributed by atoms with Crippen LogP contribution in [0.4, 0.5) is 4.39 Å². The normalized spacial score (nSPS) is 10.8. The molecule has 4 rings (SSSR count). The lowest BCUT2D eigenvalue weighted by Crippen LogP contribution is -1.94. The van der Waals surface area contributed by atoms with Crippen LogP contribution in [-0.4, -0.2) is 17.9 Å². The predicted octanol–water partition coefficient (Wildman–Crippen LogP) is 5.92. The number of halogens is 1. The third kappa shape index (κ3) is 3.37. The number of aldehydes is 1. The lowest BCUT2D eigenvalue weighted by Gasteiger charge is -2.09. The van der Waals surface area contributed by atoms with E-state index in [0.717, 1.165) is 28.7 Å². The maximum atomic E-state index is 14.2. The summed E-state index contributed by atoms with van der Waals surface area (Å²) in [5.41, 5.74) is 4.14. The molecular formula is C24H18FNO2. The molecule has 0 bridgehead atoms. The highest BCUT2D eigenvalue weighted by Gasteiger charge is 2.10. The van der Waals surface area contributed by atoms with Crippen molar-refractivity contribution >= 4 is 17.2 Å². The van der Waals surface area contributed by atoms with E-state index in [2.05, 4.69) is 4.98 Å². The number of fused-ring (bicyclic) bond motifs is 1. The molecule has 0 aliphatic rings. The summed E-state index contributed by atoms with van der Waals surface area (Å²) >= 11 is 0. The first-order valence-electron chi connectivity index (χ1n) is 9.07. The van der Waals surface area contributed by atoms with Gasteiger partial charge in [-0.3, -0.25) is 4.79 Å². The molecule has 0 amide bonds. The zero-order chi connectivity index (χ0) is 19.5. The summed E-state index contributed by atoms with van der Waals surface area (Å²) < 4.78 is 19.7. The van der Waals surface area contributed by atoms with Gasteiger partial charge in [-0.25, -0.2) is 9.37 Å². The molecule has 4 aromatic rings. The fraction of sp³-hybridized carbons (Fsp3) is 0.0833. The van der Waals surface area contributed by atoms with Gasteiger partial charge in [0.25, 0.3) is 0 Å². The Morgan fingerprint density at radius 3 is 2.21 bits per heavy atom. The first-order chi connectivity index (χ1) is 13.7. The van der Waals surface area contributed by atoms with Crippen molar-refractivity contribution in [2.24, 2.45) is 0 Å². The molecule has 1 heterocycles. The van der Waals surface area contributed by atoms with Gasteiger partial charge in [0.15, 0.2) is 6.29 Å². The van der Waals surface area contributed by atoms with Gasteiger partial charge in [-0.15, -0.1) is 0 Å². The van der Waals surface area contributed by atoms with E-state index >= 15 is 0 Å². The number of aromatic nitrogens is 1. The van der Waals surface area contributed by atoms with Gasteiger partial charge < -0.3 is 4.74 Å². The third-order valence-electron chi connectivity index (χ3n) is 4.63. The second kappa shape index (κ2) is 7.61. The summed E-state index contributed by atoms with van der Waals surface area (Å²) in [5, 5.41) is 0.518. The van der Waals surface area contributed by atoms with Crippen LogP contribution in [0.2, 0.25) is 0 Å². The van der Waals surface area contributed by atoms with Gasteiger partial charge in [0.2, 0.25) is 0 Å². The van der Waals surface area contributed by atoms with Crippen LogP contribution in [0.25, 0.3) is 33.3 Å². The number of hydrogen-bond acceptors (Lipinski definition) is 3. The average molecular weight is 371 g/mol. The average Bonchev–Trinajstić information content (AvgIpc) is 2.74. The minimum Gasteiger partial charge on any atom is -0.494 e. The SMILES string of the molecule is CCOc1ccc(-c2ccc(-c3cc(C=O)c4cccc(F)c4n3)cc2)cc1. The minimum absolute atomic E-state index is 0.206. The first kappa shape index (κ1) is 17.9. The zero-order valence-electron chi connectivity index (χ0n) is 15.4. The molecule has 28 heavy (non-hydrogen) atoms. The van der Waals surface area contributed by atoms with Crippen molar-refractivity contribution in [1.82, 2.24) is 4.98 Å². The molecule has 0 saturated heterocycles. The van der Waals surface area contributed by atoms with E-state index in [1.54, 1.807) is 18.2 Å². The van der Waals surface area contributed by atoms with Gasteiger partial charge in [-0.05, 0) is 42.3 Å². The Labute approximate surface area is 162 Å². The van der Waals surface area contributed by atoms with Crippen LogP contribution in [0.15, 0.2) is 72.8 Å². The van der Waals surface area contributed by atoms with Crippen LogP contribution in [0.3, 0.4) is 0 Å². The quantitative estimate of drug-likeness (QED) is 0.409. The maximum Gasteiger partial charge on any atom is 0.150 e. The van der Waals surface area contributed by atoms with E-state index in [0.29, 0.717) is 23.3 Å². The van der Waals surface area contributed by atoms with Gasteiger partial charge in [0.1, 0.15) is 17.1 Å². The molecule has 4 heteroatoms. The lowest BCUT2D eigenvalue weighted by atomic mass is 10.0. The standard InChI is InChI=1S/C24H18FNO2/c1-2-28-20-12-10-17(11-13-20)16-6-8-18(9-7-16)23-14-19(15-27)21-4-3-5-22(25)24(21)26-23/h3-15H,2H2,1H3. The number of hydrogen-bond donors (Lipinski definition) is 0. The van der Waals surface area contributed by atoms with Crippen molar-refractivity contribution in [3.8, 4) is 28.1 Å². The number of rotatable bonds is 5. The van der Waals surface area contributed by atoms with Crippen molar-refractivity contribution < 1.29 is 13.9 Å². The molecule has 1 aromatic heterocycles. The maximum absolute atomic E-state index is 14.2. The summed E-state index contributed by atoms with van der Waals surface area (Å²) in [6, 6.07) is 22.0.